The third kappa shape index (κ3) is 12.0. The lowest BCUT2D eigenvalue weighted by atomic mass is 9.94. The molecule has 6 amide bonds. The number of hydrogen-bond donors (Lipinski definition) is 6. The van der Waals surface area contributed by atoms with E-state index < -0.39 is 96.3 Å². The molecule has 2 aromatic rings. The number of carbonyl (C=O) groups is 6. The summed E-state index contributed by atoms with van der Waals surface area (Å²) < 4.78 is 5.43. The van der Waals surface area contributed by atoms with Gasteiger partial charge in [-0.1, -0.05) is 88.4 Å². The number of carbonyl (C=O) groups excluding carboxylic acids is 6. The predicted molar refractivity (Wildman–Crippen MR) is 188 cm³/mol. The van der Waals surface area contributed by atoms with Gasteiger partial charge in [-0.15, -0.1) is 0 Å². The van der Waals surface area contributed by atoms with Gasteiger partial charge in [0, 0.05) is 6.04 Å². The number of ether oxygens (including phenoxy) is 1. The molecule has 15 heteroatoms. The lowest BCUT2D eigenvalue weighted by Crippen LogP contribution is -2.64. The second kappa shape index (κ2) is 19.6. The van der Waals surface area contributed by atoms with Gasteiger partial charge >= 0.3 is 6.09 Å². The molecule has 0 saturated heterocycles. The molecule has 6 unspecified atom stereocenters. The van der Waals surface area contributed by atoms with Crippen LogP contribution in [0.25, 0.3) is 0 Å². The van der Waals surface area contributed by atoms with Crippen LogP contribution in [0.3, 0.4) is 0 Å². The van der Waals surface area contributed by atoms with Crippen LogP contribution in [0.15, 0.2) is 60.7 Å². The molecule has 280 valence electrons. The number of rotatable bonds is 17. The van der Waals surface area contributed by atoms with Crippen LogP contribution >= 0.6 is 0 Å². The summed E-state index contributed by atoms with van der Waals surface area (Å²) in [5.74, 6) is -6.82. The van der Waals surface area contributed by atoms with Gasteiger partial charge in [0.15, 0.2) is 0 Å². The van der Waals surface area contributed by atoms with Crippen LogP contribution in [0.2, 0.25) is 0 Å². The van der Waals surface area contributed by atoms with Crippen molar-refractivity contribution in [2.45, 2.75) is 103 Å². The molecule has 2 aromatic carbocycles. The van der Waals surface area contributed by atoms with Crippen LogP contribution in [0.5, 0.6) is 0 Å². The molecule has 2 rings (SSSR count). The predicted octanol–water partition coefficient (Wildman–Crippen LogP) is 0.575. The number of nitrogens with zero attached hydrogens (tertiary/aromatic N) is 2. The van der Waals surface area contributed by atoms with E-state index >= 15 is 0 Å². The van der Waals surface area contributed by atoms with Crippen LogP contribution in [0.4, 0.5) is 4.79 Å². The number of amides is 6. The lowest BCUT2D eigenvalue weighted by Gasteiger charge is -2.39. The Hall–Kier alpha value is -4.70. The molecule has 0 saturated carbocycles. The van der Waals surface area contributed by atoms with E-state index in [1.807, 2.05) is 0 Å². The molecular weight excluding hydrogens is 660 g/mol. The summed E-state index contributed by atoms with van der Waals surface area (Å²) in [6.07, 6.45) is -5.44. The van der Waals surface area contributed by atoms with E-state index in [0.29, 0.717) is 15.4 Å². The maximum absolute atomic E-state index is 14.6. The van der Waals surface area contributed by atoms with Crippen molar-refractivity contribution in [2.75, 3.05) is 0 Å². The van der Waals surface area contributed by atoms with Gasteiger partial charge in [0.2, 0.25) is 17.7 Å². The first-order chi connectivity index (χ1) is 23.9. The first-order valence-electron chi connectivity index (χ1n) is 16.8. The van der Waals surface area contributed by atoms with E-state index in [2.05, 4.69) is 5.32 Å². The van der Waals surface area contributed by atoms with E-state index in [1.54, 1.807) is 74.5 Å². The smallest absolute Gasteiger partial charge is 0.417 e. The molecule has 0 radical (unpaired) electrons. The van der Waals surface area contributed by atoms with Gasteiger partial charge in [0.1, 0.15) is 24.7 Å². The molecule has 0 bridgehead atoms. The van der Waals surface area contributed by atoms with E-state index in [9.17, 15) is 39.0 Å². The minimum Gasteiger partial charge on any atom is -0.444 e. The Labute approximate surface area is 298 Å². The van der Waals surface area contributed by atoms with Crippen molar-refractivity contribution in [1.82, 2.24) is 15.1 Å². The Balaban J connectivity index is 2.58. The maximum Gasteiger partial charge on any atom is 0.417 e. The van der Waals surface area contributed by atoms with E-state index in [1.165, 1.54) is 27.7 Å². The highest BCUT2D eigenvalue weighted by Gasteiger charge is 2.47. The second-order valence-corrected chi connectivity index (χ2v) is 13.3. The van der Waals surface area contributed by atoms with Crippen molar-refractivity contribution in [3.8, 4) is 0 Å². The number of nitrogens with one attached hydrogen (secondary N) is 1. The Morgan fingerprint density at radius 1 is 0.745 bits per heavy atom. The zero-order valence-corrected chi connectivity index (χ0v) is 30.0. The van der Waals surface area contributed by atoms with Gasteiger partial charge in [-0.05, 0) is 43.2 Å². The number of aliphatic hydroxyl groups is 2. The van der Waals surface area contributed by atoms with Gasteiger partial charge in [0.25, 0.3) is 11.8 Å². The van der Waals surface area contributed by atoms with Crippen LogP contribution in [-0.4, -0.2) is 98.1 Å². The molecule has 0 spiro atoms. The molecule has 0 fully saturated rings. The quantitative estimate of drug-likeness (QED) is 0.132. The van der Waals surface area contributed by atoms with Crippen molar-refractivity contribution in [3.63, 3.8) is 0 Å². The van der Waals surface area contributed by atoms with Crippen molar-refractivity contribution in [1.29, 1.82) is 0 Å². The van der Waals surface area contributed by atoms with Crippen molar-refractivity contribution >= 4 is 35.6 Å². The number of nitrogens with two attached hydrogens (primary N) is 3. The van der Waals surface area contributed by atoms with Crippen LogP contribution in [0.1, 0.15) is 59.1 Å². The zero-order valence-electron chi connectivity index (χ0n) is 30.0. The minimum atomic E-state index is -1.80. The molecule has 7 atom stereocenters. The van der Waals surface area contributed by atoms with Gasteiger partial charge in [-0.3, -0.25) is 28.9 Å². The summed E-state index contributed by atoms with van der Waals surface area (Å²) >= 11 is 0. The van der Waals surface area contributed by atoms with E-state index in [-0.39, 0.29) is 13.0 Å². The molecule has 0 heterocycles. The monoisotopic (exact) mass is 712 g/mol. The SMILES string of the molecule is CC(N)C(=O)NC(C)C(=O)N(C(=O)CC(O)C(O)[C@@H](N)Cc1ccccc1)C(C(=O)N(C(=O)OCc1ccccc1)C(C(N)=O)C(C)C)C(C)C. The highest BCUT2D eigenvalue weighted by molar-refractivity contribution is 6.07. The molecule has 0 aliphatic rings. The van der Waals surface area contributed by atoms with Gasteiger partial charge < -0.3 is 37.5 Å². The Bertz CT molecular complexity index is 1490. The first kappa shape index (κ1) is 42.5. The average molecular weight is 713 g/mol. The Morgan fingerprint density at radius 2 is 1.25 bits per heavy atom. The number of benzene rings is 2. The fourth-order valence-electron chi connectivity index (χ4n) is 5.44. The maximum atomic E-state index is 14.6. The van der Waals surface area contributed by atoms with Crippen molar-refractivity contribution < 1.29 is 43.7 Å². The van der Waals surface area contributed by atoms with E-state index in [0.717, 1.165) is 5.56 Å². The summed E-state index contributed by atoms with van der Waals surface area (Å²) in [6.45, 7) is 8.42. The number of primary amides is 1. The summed E-state index contributed by atoms with van der Waals surface area (Å²) in [5.41, 5.74) is 18.8. The fraction of sp³-hybridized carbons (Fsp3) is 0.500. The molecule has 0 aromatic heterocycles. The van der Waals surface area contributed by atoms with Crippen LogP contribution in [0, 0.1) is 11.8 Å². The number of imide groups is 2. The Kier molecular flexibility index (Phi) is 16.3. The lowest BCUT2D eigenvalue weighted by molar-refractivity contribution is -0.161. The Morgan fingerprint density at radius 3 is 1.73 bits per heavy atom. The van der Waals surface area contributed by atoms with E-state index in [4.69, 9.17) is 21.9 Å². The molecule has 51 heavy (non-hydrogen) atoms. The first-order valence-corrected chi connectivity index (χ1v) is 16.8. The molecule has 15 nitrogen and oxygen atoms in total. The van der Waals surface area contributed by atoms with Crippen molar-refractivity contribution in [3.05, 3.63) is 71.8 Å². The standard InChI is InChI=1S/C36H52N6O9/c1-20(2)29(32(39)46)42(36(50)51-19-25-15-11-8-12-16-25)35(49)30(21(3)4)41(34(48)23(6)40-33(47)22(5)37)28(44)18-27(43)31(45)26(38)17-24-13-9-7-10-14-24/h7-16,20-23,26-27,29-31,43,45H,17-19,37-38H2,1-6H3,(H2,39,46)(H,40,47)/t22?,23?,26-,27?,29?,30?,31?/m0/s1. The molecule has 0 aliphatic heterocycles. The normalized spacial score (nSPS) is 15.5. The third-order valence-electron chi connectivity index (χ3n) is 8.18. The third-order valence-corrected chi connectivity index (χ3v) is 8.18. The van der Waals surface area contributed by atoms with Gasteiger partial charge in [-0.2, -0.15) is 0 Å². The topological polar surface area (TPSA) is 249 Å². The number of hydrogen-bond acceptors (Lipinski definition) is 11. The molecular formula is C36H52N6O9. The number of aliphatic hydroxyl groups excluding tert-OH is 2. The van der Waals surface area contributed by atoms with Crippen molar-refractivity contribution in [2.24, 2.45) is 29.0 Å². The highest BCUT2D eigenvalue weighted by atomic mass is 16.6. The van der Waals surface area contributed by atoms with Gasteiger partial charge in [-0.25, -0.2) is 9.69 Å². The summed E-state index contributed by atoms with van der Waals surface area (Å²) in [4.78, 5) is 82.6. The molecule has 9 N–H and O–H groups in total. The molecule has 0 aliphatic carbocycles. The summed E-state index contributed by atoms with van der Waals surface area (Å²) in [6, 6.07) is 10.6. The fourth-order valence-corrected chi connectivity index (χ4v) is 5.44. The summed E-state index contributed by atoms with van der Waals surface area (Å²) in [7, 11) is 0. The van der Waals surface area contributed by atoms with Gasteiger partial charge in [0.05, 0.1) is 24.7 Å². The average Bonchev–Trinajstić information content (AvgIpc) is 3.07. The summed E-state index contributed by atoms with van der Waals surface area (Å²) in [5, 5.41) is 24.3. The van der Waals surface area contributed by atoms with Crippen LogP contribution in [-0.2, 0) is 41.7 Å². The zero-order chi connectivity index (χ0) is 38.6. The largest absolute Gasteiger partial charge is 0.444 e. The van der Waals surface area contributed by atoms with Crippen LogP contribution < -0.4 is 22.5 Å². The highest BCUT2D eigenvalue weighted by Crippen LogP contribution is 2.23. The second-order valence-electron chi connectivity index (χ2n) is 13.3. The minimum absolute atomic E-state index is 0.146.